The third kappa shape index (κ3) is 7.43. The Morgan fingerprint density at radius 2 is 0.640 bits per heavy atom. The van der Waals surface area contributed by atoms with Crippen molar-refractivity contribution in [2.24, 2.45) is 0 Å². The second kappa shape index (κ2) is 19.2. The van der Waals surface area contributed by atoms with Crippen LogP contribution in [0.15, 0.2) is 36.5 Å². The van der Waals surface area contributed by atoms with Crippen LogP contribution in [0.5, 0.6) is 0 Å². The normalized spacial score (nSPS) is 12.2. The van der Waals surface area contributed by atoms with Crippen molar-refractivity contribution in [3.8, 4) is 55.6 Å². The van der Waals surface area contributed by atoms with Crippen LogP contribution in [0.2, 0.25) is 0 Å². The first kappa shape index (κ1) is 56.4. The molecule has 0 fully saturated rings. The summed E-state index contributed by atoms with van der Waals surface area (Å²) in [4.78, 5) is 14.1. The summed E-state index contributed by atoms with van der Waals surface area (Å²) < 4.78 is 395. The van der Waals surface area contributed by atoms with Crippen molar-refractivity contribution < 1.29 is 110 Å². The Morgan fingerprint density at radius 3 is 1.07 bits per heavy atom. The number of nitrogens with zero attached hydrogens (tertiary/aromatic N) is 4. The molecule has 6 nitrogen and oxygen atoms in total. The average Bonchev–Trinajstić information content (AvgIpc) is 2.80. The van der Waals surface area contributed by atoms with E-state index in [4.69, 9.17) is 5.73 Å². The van der Waals surface area contributed by atoms with Gasteiger partial charge in [0.05, 0.1) is 78.0 Å². The smallest absolute Gasteiger partial charge is 0.200 e. The summed E-state index contributed by atoms with van der Waals surface area (Å²) in [6.07, 6.45) is 0.814. The van der Waals surface area contributed by atoms with Gasteiger partial charge in [0.15, 0.2) is 116 Å². The van der Waals surface area contributed by atoms with Crippen molar-refractivity contribution in [3.05, 3.63) is 193 Å². The summed E-state index contributed by atoms with van der Waals surface area (Å²) in [5.74, 6) is -71.3. The van der Waals surface area contributed by atoms with Crippen LogP contribution in [0.3, 0.4) is 0 Å². The lowest BCUT2D eigenvalue weighted by Crippen LogP contribution is -2.06. The highest BCUT2D eigenvalue weighted by molar-refractivity contribution is 6.16. The van der Waals surface area contributed by atoms with E-state index >= 15 is 92.2 Å². The molecule has 86 heavy (non-hydrogen) atoms. The SMILES string of the molecule is Nc1c2nc3c(-c4c(F)c(F)c(F)c(F)c4F)c4ccc5c(-c6c(F)c(F)c(F)c(F)c6F)cnc(c(-c6c(F)c(F)c(F)c(F)c6F)c6ccc([nH]6)c(-c6c(F)c(F)c(F)c(F)c6F)c6nc(c2-c2c(F)c(F)c(F)c(F)c2F)C=C6)c1cc3n54. The van der Waals surface area contributed by atoms with Gasteiger partial charge in [-0.25, -0.2) is 120 Å². The molecule has 1 aliphatic rings. The van der Waals surface area contributed by atoms with Crippen LogP contribution in [0.1, 0.15) is 11.4 Å². The number of fused-ring (bicyclic) bond motifs is 5. The van der Waals surface area contributed by atoms with Gasteiger partial charge in [0, 0.05) is 50.4 Å². The summed E-state index contributed by atoms with van der Waals surface area (Å²) in [5, 5.41) is -1.43. The van der Waals surface area contributed by atoms with Gasteiger partial charge in [-0.05, 0) is 42.5 Å². The van der Waals surface area contributed by atoms with Crippen molar-refractivity contribution in [1.82, 2.24) is 24.3 Å². The van der Waals surface area contributed by atoms with Crippen molar-refractivity contribution in [3.63, 3.8) is 0 Å². The van der Waals surface area contributed by atoms with E-state index < -0.39 is 268 Å². The molecule has 11 aromatic rings. The number of nitrogen functional groups attached to an aromatic ring is 1. The number of nitrogens with one attached hydrogen (secondary N) is 1. The van der Waals surface area contributed by atoms with E-state index in [1.807, 2.05) is 0 Å². The van der Waals surface area contributed by atoms with Crippen molar-refractivity contribution in [1.29, 1.82) is 0 Å². The molecule has 31 heteroatoms. The molecule has 0 saturated heterocycles. The summed E-state index contributed by atoms with van der Waals surface area (Å²) in [5.41, 5.74) is -27.4. The molecule has 0 radical (unpaired) electrons. The molecule has 0 unspecified atom stereocenters. The first-order valence-corrected chi connectivity index (χ1v) is 23.2. The quantitative estimate of drug-likeness (QED) is 0.102. The van der Waals surface area contributed by atoms with Crippen LogP contribution in [-0.2, 0) is 0 Å². The second-order valence-corrected chi connectivity index (χ2v) is 18.4. The number of hydrogen-bond donors (Lipinski definition) is 2. The standard InChI is InChI=1S/C55H11F25N6/c56-27-18(28(57)38(67)47(76)37(27)66)10-8-82-53-9-7-17-54(22(16-6-5-15(10)86(16)17)26-35(64)45(74)51(80)46(75)36(26)65)85-55(52(9)81)21(25-33(62)43(72)50(79)44(73)34(25)63)14-4-2-12(84-14)19(23-29(58)39(68)48(77)40(69)30(23)59)11-1-3-13(83-11)20(53)24-31(60)41(70)49(78)42(71)32(24)61/h1-8,83H,81H2. The summed E-state index contributed by atoms with van der Waals surface area (Å²) in [6, 6.07) is 2.34. The molecule has 0 saturated carbocycles. The number of H-pyrrole nitrogens is 1. The minimum Gasteiger partial charge on any atom is -0.396 e. The Balaban J connectivity index is 1.52. The maximum absolute atomic E-state index is 16.8. The molecule has 1 aliphatic heterocycles. The summed E-state index contributed by atoms with van der Waals surface area (Å²) in [6.45, 7) is 0. The first-order valence-electron chi connectivity index (χ1n) is 23.2. The second-order valence-electron chi connectivity index (χ2n) is 18.4. The minimum atomic E-state index is -2.97. The van der Waals surface area contributed by atoms with Crippen LogP contribution in [0.4, 0.5) is 115 Å². The highest BCUT2D eigenvalue weighted by Crippen LogP contribution is 2.49. The largest absolute Gasteiger partial charge is 0.396 e. The summed E-state index contributed by atoms with van der Waals surface area (Å²) in [7, 11) is 0. The Bertz CT molecular complexity index is 5000. The number of hydrogen-bond acceptors (Lipinski definition) is 4. The van der Waals surface area contributed by atoms with E-state index in [-0.39, 0.29) is 6.20 Å². The van der Waals surface area contributed by atoms with Crippen molar-refractivity contribution in [2.45, 2.75) is 0 Å². The minimum absolute atomic E-state index is 0.0472. The lowest BCUT2D eigenvalue weighted by molar-refractivity contribution is 0.381. The van der Waals surface area contributed by atoms with E-state index in [1.54, 1.807) is 0 Å². The molecule has 436 valence electrons. The number of rotatable bonds is 5. The molecule has 0 amide bonds. The molecule has 5 aromatic carbocycles. The Morgan fingerprint density at radius 1 is 0.302 bits per heavy atom. The zero-order valence-corrected chi connectivity index (χ0v) is 40.4. The maximum atomic E-state index is 16.8. The van der Waals surface area contributed by atoms with Crippen LogP contribution < -0.4 is 5.73 Å². The average molecular weight is 1230 g/mol. The number of aromatic amines is 1. The predicted octanol–water partition coefficient (Wildman–Crippen LogP) is 17.1. The monoisotopic (exact) mass is 1230 g/mol. The number of nitrogens with two attached hydrogens (primary N) is 1. The zero-order valence-electron chi connectivity index (χ0n) is 40.4. The third-order valence-corrected chi connectivity index (χ3v) is 13.9. The lowest BCUT2D eigenvalue weighted by Gasteiger charge is -2.12. The van der Waals surface area contributed by atoms with Gasteiger partial charge in [-0.15, -0.1) is 0 Å². The number of anilines is 1. The Labute approximate surface area is 455 Å². The Kier molecular flexibility index (Phi) is 12.6. The predicted molar refractivity (Wildman–Crippen MR) is 252 cm³/mol. The van der Waals surface area contributed by atoms with E-state index in [9.17, 15) is 17.6 Å². The molecule has 0 aliphatic carbocycles. The van der Waals surface area contributed by atoms with E-state index in [0.29, 0.717) is 46.9 Å². The van der Waals surface area contributed by atoms with E-state index in [2.05, 4.69) is 19.9 Å². The van der Waals surface area contributed by atoms with Gasteiger partial charge in [0.2, 0.25) is 29.1 Å². The van der Waals surface area contributed by atoms with Gasteiger partial charge in [-0.1, -0.05) is 0 Å². The van der Waals surface area contributed by atoms with Crippen LogP contribution in [0.25, 0.3) is 117 Å². The topological polar surface area (TPSA) is 84.9 Å². The van der Waals surface area contributed by atoms with Gasteiger partial charge in [-0.3, -0.25) is 4.98 Å². The Hall–Kier alpha value is -10.1. The summed E-state index contributed by atoms with van der Waals surface area (Å²) >= 11 is 0. The molecule has 7 bridgehead atoms. The van der Waals surface area contributed by atoms with Crippen molar-refractivity contribution >= 4 is 67.4 Å². The fraction of sp³-hybridized carbons (Fsp3) is 0. The third-order valence-electron chi connectivity index (χ3n) is 13.9. The first-order chi connectivity index (χ1) is 40.5. The van der Waals surface area contributed by atoms with E-state index in [0.717, 1.165) is 0 Å². The number of aromatic nitrogens is 5. The molecule has 6 aromatic heterocycles. The molecule has 3 N–H and O–H groups in total. The van der Waals surface area contributed by atoms with Crippen LogP contribution in [-0.4, -0.2) is 24.3 Å². The van der Waals surface area contributed by atoms with Crippen LogP contribution in [0, 0.1) is 145 Å². The fourth-order valence-electron chi connectivity index (χ4n) is 10.1. The van der Waals surface area contributed by atoms with E-state index in [1.165, 1.54) is 0 Å². The van der Waals surface area contributed by atoms with Gasteiger partial charge < -0.3 is 15.1 Å². The molecular formula is C55H11F25N6. The maximum Gasteiger partial charge on any atom is 0.200 e. The van der Waals surface area contributed by atoms with Gasteiger partial charge in [0.1, 0.15) is 0 Å². The number of halogens is 25. The molecule has 7 heterocycles. The molecular weight excluding hydrogens is 1220 g/mol. The molecule has 12 rings (SSSR count). The highest BCUT2D eigenvalue weighted by atomic mass is 19.2. The van der Waals surface area contributed by atoms with Crippen molar-refractivity contribution in [2.75, 3.05) is 5.73 Å². The zero-order chi connectivity index (χ0) is 62.2. The van der Waals surface area contributed by atoms with Gasteiger partial charge in [0.25, 0.3) is 0 Å². The highest BCUT2D eigenvalue weighted by Gasteiger charge is 2.38. The van der Waals surface area contributed by atoms with Gasteiger partial charge in [-0.2, -0.15) is 0 Å². The van der Waals surface area contributed by atoms with Crippen LogP contribution >= 0.6 is 0 Å². The lowest BCUT2D eigenvalue weighted by atomic mass is 9.98. The fourth-order valence-corrected chi connectivity index (χ4v) is 10.1. The van der Waals surface area contributed by atoms with Gasteiger partial charge >= 0.3 is 0 Å². The molecule has 0 spiro atoms. The number of benzene rings is 5. The molecule has 0 atom stereocenters.